The van der Waals surface area contributed by atoms with Crippen LogP contribution in [0.5, 0.6) is 0 Å². The smallest absolute Gasteiger partial charge is 0.0935 e. The molecule has 1 saturated carbocycles. The molecule has 0 aliphatic heterocycles. The van der Waals surface area contributed by atoms with Gasteiger partial charge >= 0.3 is 0 Å². The fourth-order valence-electron chi connectivity index (χ4n) is 1.66. The molecule has 1 atom stereocenters. The fourth-order valence-corrected chi connectivity index (χ4v) is 1.66. The number of aliphatic hydroxyl groups is 1. The van der Waals surface area contributed by atoms with Crippen molar-refractivity contribution in [3.05, 3.63) is 24.2 Å². The van der Waals surface area contributed by atoms with Gasteiger partial charge in [0.05, 0.1) is 18.1 Å². The summed E-state index contributed by atoms with van der Waals surface area (Å²) in [6.07, 6.45) is 6.42. The topological polar surface area (TPSA) is 33.4 Å². The van der Waals surface area contributed by atoms with Crippen LogP contribution in [0, 0.1) is 5.92 Å². The van der Waals surface area contributed by atoms with E-state index in [9.17, 15) is 5.11 Å². The van der Waals surface area contributed by atoms with Gasteiger partial charge in [0, 0.05) is 6.42 Å². The summed E-state index contributed by atoms with van der Waals surface area (Å²) in [6.45, 7) is 1.91. The highest BCUT2D eigenvalue weighted by atomic mass is 16.3. The van der Waals surface area contributed by atoms with Crippen molar-refractivity contribution in [1.82, 2.24) is 0 Å². The first-order valence-corrected chi connectivity index (χ1v) is 4.42. The summed E-state index contributed by atoms with van der Waals surface area (Å²) in [4.78, 5) is 0. The number of rotatable bonds is 3. The highest BCUT2D eigenvalue weighted by molar-refractivity contribution is 5.11. The Morgan fingerprint density at radius 2 is 2.42 bits per heavy atom. The molecule has 1 aliphatic rings. The van der Waals surface area contributed by atoms with Crippen LogP contribution in [0.4, 0.5) is 0 Å². The quantitative estimate of drug-likeness (QED) is 0.744. The minimum Gasteiger partial charge on any atom is -0.472 e. The zero-order valence-corrected chi connectivity index (χ0v) is 7.29. The van der Waals surface area contributed by atoms with Crippen molar-refractivity contribution in [2.45, 2.75) is 31.8 Å². The second-order valence-electron chi connectivity index (χ2n) is 3.94. The second-order valence-corrected chi connectivity index (χ2v) is 3.94. The molecule has 0 bridgehead atoms. The lowest BCUT2D eigenvalue weighted by Gasteiger charge is -2.21. The van der Waals surface area contributed by atoms with Crippen LogP contribution in [0.2, 0.25) is 0 Å². The Hall–Kier alpha value is -0.760. The average Bonchev–Trinajstić information content (AvgIpc) is 2.74. The lowest BCUT2D eigenvalue weighted by atomic mass is 9.93. The maximum atomic E-state index is 9.98. The van der Waals surface area contributed by atoms with Gasteiger partial charge in [-0.05, 0) is 37.3 Å². The van der Waals surface area contributed by atoms with Crippen molar-refractivity contribution >= 4 is 0 Å². The van der Waals surface area contributed by atoms with Gasteiger partial charge in [0.25, 0.3) is 0 Å². The van der Waals surface area contributed by atoms with E-state index in [1.807, 2.05) is 13.0 Å². The zero-order chi connectivity index (χ0) is 8.60. The lowest BCUT2D eigenvalue weighted by Crippen LogP contribution is -2.29. The predicted octanol–water partition coefficient (Wildman–Crippen LogP) is 1.98. The Morgan fingerprint density at radius 3 is 2.92 bits per heavy atom. The van der Waals surface area contributed by atoms with Crippen molar-refractivity contribution in [3.8, 4) is 0 Å². The summed E-state index contributed by atoms with van der Waals surface area (Å²) in [7, 11) is 0. The lowest BCUT2D eigenvalue weighted by molar-refractivity contribution is 0.0370. The third kappa shape index (κ3) is 1.53. The Labute approximate surface area is 72.2 Å². The molecule has 2 heteroatoms. The molecular formula is C10H14O2. The van der Waals surface area contributed by atoms with E-state index in [1.54, 1.807) is 12.5 Å². The van der Waals surface area contributed by atoms with Crippen LogP contribution in [0.1, 0.15) is 25.3 Å². The first kappa shape index (κ1) is 7.87. The first-order valence-electron chi connectivity index (χ1n) is 4.42. The standard InChI is InChI=1S/C10H14O2/c1-10(11,9-2-3-9)6-8-4-5-12-7-8/h4-5,7,9,11H,2-3,6H2,1H3. The van der Waals surface area contributed by atoms with E-state index in [4.69, 9.17) is 4.42 Å². The molecule has 0 aromatic carbocycles. The van der Waals surface area contributed by atoms with Crippen molar-refractivity contribution in [2.24, 2.45) is 5.92 Å². The van der Waals surface area contributed by atoms with Crippen LogP contribution in [-0.4, -0.2) is 10.7 Å². The van der Waals surface area contributed by atoms with E-state index < -0.39 is 5.60 Å². The highest BCUT2D eigenvalue weighted by Gasteiger charge is 2.39. The number of furan rings is 1. The van der Waals surface area contributed by atoms with Crippen LogP contribution in [-0.2, 0) is 6.42 Å². The molecule has 0 saturated heterocycles. The number of hydrogen-bond acceptors (Lipinski definition) is 2. The molecule has 2 rings (SSSR count). The molecule has 66 valence electrons. The molecular weight excluding hydrogens is 152 g/mol. The normalized spacial score (nSPS) is 22.2. The van der Waals surface area contributed by atoms with Gasteiger partial charge in [-0.25, -0.2) is 0 Å². The van der Waals surface area contributed by atoms with E-state index in [-0.39, 0.29) is 0 Å². The maximum Gasteiger partial charge on any atom is 0.0935 e. The molecule has 1 aromatic heterocycles. The molecule has 1 aromatic rings. The maximum absolute atomic E-state index is 9.98. The summed E-state index contributed by atoms with van der Waals surface area (Å²) < 4.78 is 4.95. The molecule has 1 N–H and O–H groups in total. The molecule has 1 aliphatic carbocycles. The van der Waals surface area contributed by atoms with Crippen molar-refractivity contribution in [2.75, 3.05) is 0 Å². The van der Waals surface area contributed by atoms with Crippen LogP contribution >= 0.6 is 0 Å². The van der Waals surface area contributed by atoms with Crippen molar-refractivity contribution in [3.63, 3.8) is 0 Å². The Morgan fingerprint density at radius 1 is 1.67 bits per heavy atom. The van der Waals surface area contributed by atoms with E-state index in [2.05, 4.69) is 0 Å². The Balaban J connectivity index is 2.01. The highest BCUT2D eigenvalue weighted by Crippen LogP contribution is 2.41. The SMILES string of the molecule is CC(O)(Cc1ccoc1)C1CC1. The van der Waals surface area contributed by atoms with E-state index in [0.29, 0.717) is 12.3 Å². The Kier molecular flexibility index (Phi) is 1.72. The van der Waals surface area contributed by atoms with Gasteiger partial charge in [-0.1, -0.05) is 0 Å². The van der Waals surface area contributed by atoms with Gasteiger partial charge < -0.3 is 9.52 Å². The average molecular weight is 166 g/mol. The van der Waals surface area contributed by atoms with Crippen LogP contribution in [0.25, 0.3) is 0 Å². The second kappa shape index (κ2) is 2.63. The summed E-state index contributed by atoms with van der Waals surface area (Å²) in [5, 5.41) is 9.98. The number of hydrogen-bond donors (Lipinski definition) is 1. The monoisotopic (exact) mass is 166 g/mol. The van der Waals surface area contributed by atoms with Gasteiger partial charge in [0.2, 0.25) is 0 Å². The molecule has 1 fully saturated rings. The van der Waals surface area contributed by atoms with Crippen LogP contribution in [0.3, 0.4) is 0 Å². The fraction of sp³-hybridized carbons (Fsp3) is 0.600. The predicted molar refractivity (Wildman–Crippen MR) is 45.8 cm³/mol. The largest absolute Gasteiger partial charge is 0.472 e. The molecule has 12 heavy (non-hydrogen) atoms. The Bertz CT molecular complexity index is 245. The third-order valence-electron chi connectivity index (χ3n) is 2.60. The van der Waals surface area contributed by atoms with Crippen molar-refractivity contribution < 1.29 is 9.52 Å². The molecule has 0 amide bonds. The van der Waals surface area contributed by atoms with Crippen LogP contribution < -0.4 is 0 Å². The molecule has 0 spiro atoms. The van der Waals surface area contributed by atoms with Crippen LogP contribution in [0.15, 0.2) is 23.0 Å². The summed E-state index contributed by atoms with van der Waals surface area (Å²) in [6, 6.07) is 1.91. The third-order valence-corrected chi connectivity index (χ3v) is 2.60. The van der Waals surface area contributed by atoms with E-state index in [1.165, 1.54) is 12.8 Å². The van der Waals surface area contributed by atoms with E-state index >= 15 is 0 Å². The summed E-state index contributed by atoms with van der Waals surface area (Å²) in [5.74, 6) is 0.507. The van der Waals surface area contributed by atoms with Gasteiger partial charge in [0.1, 0.15) is 0 Å². The van der Waals surface area contributed by atoms with Gasteiger partial charge in [-0.3, -0.25) is 0 Å². The van der Waals surface area contributed by atoms with Crippen molar-refractivity contribution in [1.29, 1.82) is 0 Å². The molecule has 1 unspecified atom stereocenters. The minimum atomic E-state index is -0.524. The van der Waals surface area contributed by atoms with Gasteiger partial charge in [-0.15, -0.1) is 0 Å². The summed E-state index contributed by atoms with van der Waals surface area (Å²) >= 11 is 0. The van der Waals surface area contributed by atoms with E-state index in [0.717, 1.165) is 5.56 Å². The first-order chi connectivity index (χ1) is 5.68. The summed E-state index contributed by atoms with van der Waals surface area (Å²) in [5.41, 5.74) is 0.566. The molecule has 2 nitrogen and oxygen atoms in total. The zero-order valence-electron chi connectivity index (χ0n) is 7.29. The molecule has 1 heterocycles. The van der Waals surface area contributed by atoms with Gasteiger partial charge in [-0.2, -0.15) is 0 Å². The van der Waals surface area contributed by atoms with Gasteiger partial charge in [0.15, 0.2) is 0 Å². The minimum absolute atomic E-state index is 0.507. The molecule has 0 radical (unpaired) electrons.